The molecular weight excluding hydrogens is 364 g/mol. The summed E-state index contributed by atoms with van der Waals surface area (Å²) in [5.74, 6) is 0.391. The van der Waals surface area contributed by atoms with Crippen LogP contribution in [0.5, 0.6) is 5.75 Å². The van der Waals surface area contributed by atoms with Crippen molar-refractivity contribution in [1.82, 2.24) is 0 Å². The summed E-state index contributed by atoms with van der Waals surface area (Å²) >= 11 is 0. The molecule has 0 radical (unpaired) electrons. The molecule has 0 fully saturated rings. The van der Waals surface area contributed by atoms with Gasteiger partial charge in [0.2, 0.25) is 0 Å². The van der Waals surface area contributed by atoms with E-state index in [0.29, 0.717) is 24.4 Å². The molecule has 0 aliphatic heterocycles. The highest BCUT2D eigenvalue weighted by Crippen LogP contribution is 2.14. The molecule has 4 nitrogen and oxygen atoms in total. The second-order valence-electron chi connectivity index (χ2n) is 6.81. The van der Waals surface area contributed by atoms with Crippen LogP contribution in [0.15, 0.2) is 72.8 Å². The van der Waals surface area contributed by atoms with Crippen molar-refractivity contribution < 1.29 is 19.1 Å². The Balaban J connectivity index is 1.62. The van der Waals surface area contributed by atoms with E-state index in [9.17, 15) is 9.59 Å². The van der Waals surface area contributed by atoms with Gasteiger partial charge in [0.1, 0.15) is 5.75 Å². The average molecular weight is 392 g/mol. The second kappa shape index (κ2) is 12.3. The smallest absolute Gasteiger partial charge is 0.333 e. The average Bonchev–Trinajstić information content (AvgIpc) is 2.74. The highest BCUT2D eigenvalue weighted by atomic mass is 16.5. The van der Waals surface area contributed by atoms with E-state index in [4.69, 9.17) is 9.47 Å². The van der Waals surface area contributed by atoms with Gasteiger partial charge in [0.15, 0.2) is 5.78 Å². The zero-order valence-electron chi connectivity index (χ0n) is 16.9. The van der Waals surface area contributed by atoms with E-state index in [-0.39, 0.29) is 11.8 Å². The molecule has 152 valence electrons. The maximum absolute atomic E-state index is 12.2. The third-order valence-corrected chi connectivity index (χ3v) is 4.25. The molecule has 0 aliphatic carbocycles. The number of hydrogen-bond acceptors (Lipinski definition) is 4. The fourth-order valence-corrected chi connectivity index (χ4v) is 2.58. The van der Waals surface area contributed by atoms with Crippen molar-refractivity contribution in [2.24, 2.45) is 0 Å². The van der Waals surface area contributed by atoms with Crippen LogP contribution < -0.4 is 4.74 Å². The molecule has 0 atom stereocenters. The third-order valence-electron chi connectivity index (χ3n) is 4.25. The van der Waals surface area contributed by atoms with Crippen LogP contribution >= 0.6 is 0 Å². The molecule has 0 N–H and O–H groups in total. The van der Waals surface area contributed by atoms with Crippen molar-refractivity contribution >= 4 is 17.8 Å². The van der Waals surface area contributed by atoms with E-state index < -0.39 is 0 Å². The number of carbonyl (C=O) groups excluding carboxylic acids is 2. The van der Waals surface area contributed by atoms with E-state index >= 15 is 0 Å². The Morgan fingerprint density at radius 3 is 2.21 bits per heavy atom. The lowest BCUT2D eigenvalue weighted by atomic mass is 10.1. The Kier molecular flexibility index (Phi) is 9.43. The van der Waals surface area contributed by atoms with Crippen LogP contribution in [0.4, 0.5) is 0 Å². The first kappa shape index (κ1) is 22.2. The van der Waals surface area contributed by atoms with Gasteiger partial charge >= 0.3 is 5.97 Å². The molecule has 29 heavy (non-hydrogen) atoms. The lowest BCUT2D eigenvalue weighted by Crippen LogP contribution is -2.06. The van der Waals surface area contributed by atoms with Crippen LogP contribution in [0.25, 0.3) is 6.08 Å². The molecule has 4 heteroatoms. The number of unbranched alkanes of at least 4 members (excludes halogenated alkanes) is 3. The Morgan fingerprint density at radius 1 is 0.897 bits per heavy atom. The summed E-state index contributed by atoms with van der Waals surface area (Å²) in [6, 6.07) is 16.9. The minimum atomic E-state index is -0.328. The normalized spacial score (nSPS) is 10.7. The minimum absolute atomic E-state index is 0.0345. The fourth-order valence-electron chi connectivity index (χ4n) is 2.58. The van der Waals surface area contributed by atoms with Gasteiger partial charge in [0.25, 0.3) is 0 Å². The van der Waals surface area contributed by atoms with Gasteiger partial charge in [-0.2, -0.15) is 0 Å². The van der Waals surface area contributed by atoms with Crippen molar-refractivity contribution in [3.63, 3.8) is 0 Å². The quantitative estimate of drug-likeness (QED) is 0.203. The molecule has 0 amide bonds. The minimum Gasteiger partial charge on any atom is -0.494 e. The van der Waals surface area contributed by atoms with Gasteiger partial charge < -0.3 is 9.47 Å². The molecule has 0 saturated heterocycles. The number of esters is 1. The summed E-state index contributed by atoms with van der Waals surface area (Å²) in [4.78, 5) is 23.5. The molecule has 2 aromatic carbocycles. The predicted molar refractivity (Wildman–Crippen MR) is 116 cm³/mol. The fraction of sp³-hybridized carbons (Fsp3) is 0.280. The highest BCUT2D eigenvalue weighted by molar-refractivity contribution is 6.06. The first-order valence-electron chi connectivity index (χ1n) is 9.89. The standard InChI is InChI=1S/C25H28O4/c1-20(2)25(27)29-19-9-4-3-8-18-28-23-15-13-22(14-16-23)24(26)17-12-21-10-6-5-7-11-21/h5-7,10-17H,1,3-4,8-9,18-19H2,2H3/b17-12+. The van der Waals surface area contributed by atoms with E-state index in [1.54, 1.807) is 25.1 Å². The molecule has 0 bridgehead atoms. The number of rotatable bonds is 12. The lowest BCUT2D eigenvalue weighted by Gasteiger charge is -2.07. The largest absolute Gasteiger partial charge is 0.494 e. The molecule has 0 heterocycles. The maximum Gasteiger partial charge on any atom is 0.333 e. The lowest BCUT2D eigenvalue weighted by molar-refractivity contribution is -0.139. The predicted octanol–water partition coefficient (Wildman–Crippen LogP) is 5.64. The van der Waals surface area contributed by atoms with Gasteiger partial charge in [-0.05, 0) is 68.5 Å². The van der Waals surface area contributed by atoms with Crippen LogP contribution in [-0.4, -0.2) is 25.0 Å². The van der Waals surface area contributed by atoms with Gasteiger partial charge in [0, 0.05) is 11.1 Å². The number of hydrogen-bond donors (Lipinski definition) is 0. The zero-order valence-corrected chi connectivity index (χ0v) is 16.9. The van der Waals surface area contributed by atoms with Crippen LogP contribution in [0, 0.1) is 0 Å². The topological polar surface area (TPSA) is 52.6 Å². The SMILES string of the molecule is C=C(C)C(=O)OCCCCCCOc1ccc(C(=O)/C=C/c2ccccc2)cc1. The molecule has 2 rings (SSSR count). The second-order valence-corrected chi connectivity index (χ2v) is 6.81. The molecular formula is C25H28O4. The number of allylic oxidation sites excluding steroid dienone is 1. The molecule has 0 aromatic heterocycles. The zero-order chi connectivity index (χ0) is 20.9. The highest BCUT2D eigenvalue weighted by Gasteiger charge is 2.03. The van der Waals surface area contributed by atoms with Gasteiger partial charge in [0.05, 0.1) is 13.2 Å². The summed E-state index contributed by atoms with van der Waals surface area (Å²) in [7, 11) is 0. The van der Waals surface area contributed by atoms with E-state index in [0.717, 1.165) is 37.0 Å². The molecule has 0 spiro atoms. The van der Waals surface area contributed by atoms with Crippen molar-refractivity contribution in [2.45, 2.75) is 32.6 Å². The summed E-state index contributed by atoms with van der Waals surface area (Å²) in [6.07, 6.45) is 7.14. The summed E-state index contributed by atoms with van der Waals surface area (Å²) in [5.41, 5.74) is 2.06. The van der Waals surface area contributed by atoms with E-state index in [1.807, 2.05) is 48.5 Å². The van der Waals surface area contributed by atoms with Crippen LogP contribution in [0.3, 0.4) is 0 Å². The number of carbonyl (C=O) groups is 2. The molecule has 0 unspecified atom stereocenters. The van der Waals surface area contributed by atoms with Crippen molar-refractivity contribution in [3.8, 4) is 5.75 Å². The Hall–Kier alpha value is -3.14. The van der Waals surface area contributed by atoms with E-state index in [1.165, 1.54) is 0 Å². The Labute approximate surface area is 172 Å². The van der Waals surface area contributed by atoms with Crippen molar-refractivity contribution in [1.29, 1.82) is 0 Å². The monoisotopic (exact) mass is 392 g/mol. The van der Waals surface area contributed by atoms with Crippen LogP contribution in [0.2, 0.25) is 0 Å². The van der Waals surface area contributed by atoms with Gasteiger partial charge in [-0.25, -0.2) is 4.79 Å². The number of benzene rings is 2. The van der Waals surface area contributed by atoms with Crippen molar-refractivity contribution in [2.75, 3.05) is 13.2 Å². The van der Waals surface area contributed by atoms with Crippen LogP contribution in [0.1, 0.15) is 48.5 Å². The summed E-state index contributed by atoms with van der Waals surface area (Å²) in [5, 5.41) is 0. The van der Waals surface area contributed by atoms with Crippen LogP contribution in [-0.2, 0) is 9.53 Å². The van der Waals surface area contributed by atoms with Crippen molar-refractivity contribution in [3.05, 3.63) is 84.0 Å². The van der Waals surface area contributed by atoms with E-state index in [2.05, 4.69) is 6.58 Å². The number of ketones is 1. The number of ether oxygens (including phenoxy) is 2. The Bertz CT molecular complexity index is 820. The molecule has 0 saturated carbocycles. The molecule has 2 aromatic rings. The first-order valence-corrected chi connectivity index (χ1v) is 9.89. The summed E-state index contributed by atoms with van der Waals surface area (Å²) < 4.78 is 10.8. The molecule has 0 aliphatic rings. The summed E-state index contributed by atoms with van der Waals surface area (Å²) in [6.45, 7) is 6.24. The third kappa shape index (κ3) is 8.60. The van der Waals surface area contributed by atoms with Gasteiger partial charge in [-0.1, -0.05) is 43.0 Å². The van der Waals surface area contributed by atoms with Gasteiger partial charge in [-0.3, -0.25) is 4.79 Å². The Morgan fingerprint density at radius 2 is 1.55 bits per heavy atom. The maximum atomic E-state index is 12.2. The van der Waals surface area contributed by atoms with Gasteiger partial charge in [-0.15, -0.1) is 0 Å². The first-order chi connectivity index (χ1) is 14.1.